The number of amides is 1. The van der Waals surface area contributed by atoms with Crippen molar-refractivity contribution in [2.75, 3.05) is 7.11 Å². The summed E-state index contributed by atoms with van der Waals surface area (Å²) >= 11 is 1.46. The molecule has 2 aromatic rings. The van der Waals surface area contributed by atoms with Crippen molar-refractivity contribution in [2.45, 2.75) is 38.3 Å². The van der Waals surface area contributed by atoms with Crippen molar-refractivity contribution in [3.05, 3.63) is 41.0 Å². The fourth-order valence-electron chi connectivity index (χ4n) is 3.23. The van der Waals surface area contributed by atoms with Gasteiger partial charge in [0.1, 0.15) is 10.7 Å². The van der Waals surface area contributed by atoms with Gasteiger partial charge in [-0.25, -0.2) is 4.98 Å². The maximum absolute atomic E-state index is 12.8. The monoisotopic (exact) mass is 374 g/mol. The maximum Gasteiger partial charge on any atom is 0.306 e. The predicted octanol–water partition coefficient (Wildman–Crippen LogP) is 3.33. The zero-order valence-corrected chi connectivity index (χ0v) is 15.4. The second kappa shape index (κ2) is 8.42. The Kier molecular flexibility index (Phi) is 6.00. The van der Waals surface area contributed by atoms with Crippen molar-refractivity contribution in [1.29, 1.82) is 0 Å². The van der Waals surface area contributed by atoms with Gasteiger partial charge in [0.2, 0.25) is 0 Å². The minimum absolute atomic E-state index is 0.00528. The lowest BCUT2D eigenvalue weighted by Crippen LogP contribution is -2.39. The highest BCUT2D eigenvalue weighted by Gasteiger charge is 2.28. The number of carboxylic acid groups (broad SMARTS) is 1. The molecule has 1 aromatic carbocycles. The quantitative estimate of drug-likeness (QED) is 0.810. The summed E-state index contributed by atoms with van der Waals surface area (Å²) in [7, 11) is 1.60. The van der Waals surface area contributed by atoms with Gasteiger partial charge in [0.25, 0.3) is 5.91 Å². The molecule has 0 spiro atoms. The summed E-state index contributed by atoms with van der Waals surface area (Å²) < 4.78 is 5.16. The summed E-state index contributed by atoms with van der Waals surface area (Å²) in [5, 5.41) is 12.9. The number of hydrogen-bond donors (Lipinski definition) is 2. The van der Waals surface area contributed by atoms with Gasteiger partial charge in [0.05, 0.1) is 17.4 Å². The molecule has 1 aliphatic carbocycles. The van der Waals surface area contributed by atoms with Crippen LogP contribution in [-0.4, -0.2) is 35.1 Å². The number of hydrogen-bond acceptors (Lipinski definition) is 5. The van der Waals surface area contributed by atoms with Gasteiger partial charge in [-0.1, -0.05) is 30.3 Å². The number of benzene rings is 1. The van der Waals surface area contributed by atoms with Crippen LogP contribution in [0, 0.1) is 5.92 Å². The number of carbonyl (C=O) groups is 2. The Balaban J connectivity index is 1.75. The number of aromatic nitrogens is 1. The topological polar surface area (TPSA) is 88.5 Å². The van der Waals surface area contributed by atoms with Crippen molar-refractivity contribution in [2.24, 2.45) is 5.92 Å². The number of nitrogens with zero attached hydrogens (tertiary/aromatic N) is 1. The summed E-state index contributed by atoms with van der Waals surface area (Å²) in [5.41, 5.74) is 1.36. The summed E-state index contributed by atoms with van der Waals surface area (Å²) in [6, 6.07) is 9.70. The number of nitrogens with one attached hydrogen (secondary N) is 1. The minimum Gasteiger partial charge on any atom is -0.481 e. The van der Waals surface area contributed by atoms with E-state index in [9.17, 15) is 9.59 Å². The first-order chi connectivity index (χ1) is 12.6. The Hall–Kier alpha value is -2.25. The van der Waals surface area contributed by atoms with E-state index < -0.39 is 5.97 Å². The molecule has 1 amide bonds. The van der Waals surface area contributed by atoms with Gasteiger partial charge in [-0.3, -0.25) is 9.59 Å². The van der Waals surface area contributed by atoms with Gasteiger partial charge >= 0.3 is 5.97 Å². The molecule has 1 fully saturated rings. The molecule has 0 unspecified atom stereocenters. The molecule has 0 aliphatic heterocycles. The maximum atomic E-state index is 12.8. The average Bonchev–Trinajstić information content (AvgIpc) is 3.07. The summed E-state index contributed by atoms with van der Waals surface area (Å²) in [6.45, 7) is 0.363. The highest BCUT2D eigenvalue weighted by Crippen LogP contribution is 2.31. The smallest absolute Gasteiger partial charge is 0.306 e. The standard InChI is InChI=1S/C19H22N2O4S/c1-25-11-15-21-16(17(26-15)12-5-3-2-4-6-12)18(22)20-14-9-7-13(8-10-14)19(23)24/h2-6,13-14H,7-11H2,1H3,(H,20,22)(H,23,24). The predicted molar refractivity (Wildman–Crippen MR) is 99.1 cm³/mol. The van der Waals surface area contributed by atoms with Crippen LogP contribution in [0.3, 0.4) is 0 Å². The first-order valence-corrected chi connectivity index (χ1v) is 9.48. The molecule has 0 radical (unpaired) electrons. The number of carbonyl (C=O) groups excluding carboxylic acids is 1. The molecule has 1 aliphatic rings. The fourth-order valence-corrected chi connectivity index (χ4v) is 4.27. The minimum atomic E-state index is -0.746. The second-order valence-corrected chi connectivity index (χ2v) is 7.53. The molecule has 1 heterocycles. The van der Waals surface area contributed by atoms with Crippen LogP contribution in [0.2, 0.25) is 0 Å². The van der Waals surface area contributed by atoms with E-state index in [2.05, 4.69) is 10.3 Å². The Morgan fingerprint density at radius 1 is 1.23 bits per heavy atom. The SMILES string of the molecule is COCc1nc(C(=O)NC2CCC(C(=O)O)CC2)c(-c2ccccc2)s1. The zero-order chi connectivity index (χ0) is 18.5. The van der Waals surface area contributed by atoms with E-state index in [1.54, 1.807) is 7.11 Å². The van der Waals surface area contributed by atoms with Gasteiger partial charge in [-0.15, -0.1) is 11.3 Å². The number of methoxy groups -OCH3 is 1. The van der Waals surface area contributed by atoms with Gasteiger partial charge < -0.3 is 15.2 Å². The fraction of sp³-hybridized carbons (Fsp3) is 0.421. The summed E-state index contributed by atoms with van der Waals surface area (Å²) in [5.74, 6) is -1.25. The molecule has 1 saturated carbocycles. The van der Waals surface area contributed by atoms with Crippen LogP contribution in [0.4, 0.5) is 0 Å². The first kappa shape index (κ1) is 18.5. The Morgan fingerprint density at radius 2 is 1.92 bits per heavy atom. The molecule has 6 nitrogen and oxygen atoms in total. The highest BCUT2D eigenvalue weighted by molar-refractivity contribution is 7.15. The van der Waals surface area contributed by atoms with E-state index in [1.165, 1.54) is 11.3 Å². The van der Waals surface area contributed by atoms with Crippen LogP contribution in [0.25, 0.3) is 10.4 Å². The number of carboxylic acids is 1. The van der Waals surface area contributed by atoms with Crippen molar-refractivity contribution < 1.29 is 19.4 Å². The molecule has 0 atom stereocenters. The Morgan fingerprint density at radius 3 is 2.54 bits per heavy atom. The third-order valence-electron chi connectivity index (χ3n) is 4.60. The van der Waals surface area contributed by atoms with Crippen LogP contribution >= 0.6 is 11.3 Å². The molecule has 26 heavy (non-hydrogen) atoms. The molecular formula is C19H22N2O4S. The number of aliphatic carboxylic acids is 1. The number of thiazole rings is 1. The van der Waals surface area contributed by atoms with Crippen molar-refractivity contribution in [3.63, 3.8) is 0 Å². The Labute approximate surface area is 156 Å². The lowest BCUT2D eigenvalue weighted by atomic mass is 9.86. The number of rotatable bonds is 6. The molecule has 3 rings (SSSR count). The number of ether oxygens (including phenoxy) is 1. The molecule has 7 heteroatoms. The lowest BCUT2D eigenvalue weighted by molar-refractivity contribution is -0.142. The molecular weight excluding hydrogens is 352 g/mol. The van der Waals surface area contributed by atoms with E-state index in [1.807, 2.05) is 30.3 Å². The zero-order valence-electron chi connectivity index (χ0n) is 14.6. The van der Waals surface area contributed by atoms with Crippen LogP contribution in [0.15, 0.2) is 30.3 Å². The molecule has 0 saturated heterocycles. The van der Waals surface area contributed by atoms with Crippen LogP contribution < -0.4 is 5.32 Å². The van der Waals surface area contributed by atoms with Gasteiger partial charge in [-0.2, -0.15) is 0 Å². The van der Waals surface area contributed by atoms with Crippen LogP contribution in [0.1, 0.15) is 41.2 Å². The molecule has 138 valence electrons. The van der Waals surface area contributed by atoms with Gasteiger partial charge in [-0.05, 0) is 31.2 Å². The van der Waals surface area contributed by atoms with E-state index in [-0.39, 0.29) is 17.9 Å². The second-order valence-electron chi connectivity index (χ2n) is 6.44. The average molecular weight is 374 g/mol. The third kappa shape index (κ3) is 4.28. The van der Waals surface area contributed by atoms with E-state index >= 15 is 0 Å². The molecule has 1 aromatic heterocycles. The highest BCUT2D eigenvalue weighted by atomic mass is 32.1. The first-order valence-electron chi connectivity index (χ1n) is 8.66. The lowest BCUT2D eigenvalue weighted by Gasteiger charge is -2.26. The van der Waals surface area contributed by atoms with Gasteiger partial charge in [0.15, 0.2) is 0 Å². The van der Waals surface area contributed by atoms with Crippen molar-refractivity contribution in [1.82, 2.24) is 10.3 Å². The largest absolute Gasteiger partial charge is 0.481 e. The van der Waals surface area contributed by atoms with E-state index in [0.29, 0.717) is 38.0 Å². The molecule has 2 N–H and O–H groups in total. The van der Waals surface area contributed by atoms with Crippen molar-refractivity contribution >= 4 is 23.2 Å². The van der Waals surface area contributed by atoms with Gasteiger partial charge in [0, 0.05) is 13.2 Å². The van der Waals surface area contributed by atoms with Crippen LogP contribution in [0.5, 0.6) is 0 Å². The van der Waals surface area contributed by atoms with E-state index in [4.69, 9.17) is 9.84 Å². The molecule has 0 bridgehead atoms. The summed E-state index contributed by atoms with van der Waals surface area (Å²) in [4.78, 5) is 29.2. The summed E-state index contributed by atoms with van der Waals surface area (Å²) in [6.07, 6.45) is 2.55. The van der Waals surface area contributed by atoms with E-state index in [0.717, 1.165) is 15.4 Å². The third-order valence-corrected chi connectivity index (χ3v) is 5.68. The Bertz CT molecular complexity index is 767. The van der Waals surface area contributed by atoms with Crippen LogP contribution in [-0.2, 0) is 16.1 Å². The van der Waals surface area contributed by atoms with Crippen molar-refractivity contribution in [3.8, 4) is 10.4 Å². The normalized spacial score (nSPS) is 19.9.